The minimum Gasteiger partial charge on any atom is -0.481 e. The van der Waals surface area contributed by atoms with Crippen molar-refractivity contribution in [3.8, 4) is 0 Å². The van der Waals surface area contributed by atoms with Crippen LogP contribution in [0.4, 0.5) is 8.78 Å². The van der Waals surface area contributed by atoms with Crippen molar-refractivity contribution in [1.29, 1.82) is 0 Å². The predicted octanol–water partition coefficient (Wildman–Crippen LogP) is 1.22. The lowest BCUT2D eigenvalue weighted by Gasteiger charge is -2.02. The predicted molar refractivity (Wildman–Crippen MR) is 58.2 cm³/mol. The number of aromatic nitrogens is 2. The van der Waals surface area contributed by atoms with Gasteiger partial charge in [0.2, 0.25) is 0 Å². The van der Waals surface area contributed by atoms with Crippen LogP contribution in [-0.2, 0) is 11.2 Å². The van der Waals surface area contributed by atoms with Gasteiger partial charge in [0.15, 0.2) is 11.6 Å². The Morgan fingerprint density at radius 2 is 2.00 bits per heavy atom. The highest BCUT2D eigenvalue weighted by atomic mass is 19.2. The molecule has 0 aliphatic heterocycles. The highest BCUT2D eigenvalue weighted by Gasteiger charge is 2.10. The Hall–Kier alpha value is -2.31. The molecule has 0 saturated heterocycles. The Bertz CT molecular complexity index is 682. The number of carbonyl (C=O) groups is 1. The summed E-state index contributed by atoms with van der Waals surface area (Å²) in [6.45, 7) is 0. The molecule has 1 aromatic carbocycles. The third-order valence-electron chi connectivity index (χ3n) is 2.38. The highest BCUT2D eigenvalue weighted by Crippen LogP contribution is 2.13. The fourth-order valence-electron chi connectivity index (χ4n) is 1.51. The van der Waals surface area contributed by atoms with Crippen LogP contribution in [0.25, 0.3) is 11.0 Å². The number of aryl methyl sites for hydroxylation is 1. The first-order chi connectivity index (χ1) is 8.47. The number of aliphatic carboxylic acids is 1. The van der Waals surface area contributed by atoms with Gasteiger partial charge in [-0.2, -0.15) is 0 Å². The fourth-order valence-corrected chi connectivity index (χ4v) is 1.51. The SMILES string of the molecule is O=C(O)CCc1nc2cc(F)c(F)cc2[nH]c1=O. The molecule has 1 aromatic heterocycles. The lowest BCUT2D eigenvalue weighted by Crippen LogP contribution is -2.16. The molecule has 94 valence electrons. The molecule has 1 heterocycles. The zero-order valence-electron chi connectivity index (χ0n) is 9.04. The molecule has 0 unspecified atom stereocenters. The molecule has 0 aliphatic carbocycles. The first-order valence-corrected chi connectivity index (χ1v) is 5.07. The van der Waals surface area contributed by atoms with Crippen molar-refractivity contribution >= 4 is 17.0 Å². The summed E-state index contributed by atoms with van der Waals surface area (Å²) in [7, 11) is 0. The van der Waals surface area contributed by atoms with Crippen molar-refractivity contribution in [2.75, 3.05) is 0 Å². The Balaban J connectivity index is 2.50. The molecule has 0 fully saturated rings. The number of nitrogens with one attached hydrogen (secondary N) is 1. The highest BCUT2D eigenvalue weighted by molar-refractivity contribution is 5.74. The Morgan fingerprint density at radius 1 is 1.33 bits per heavy atom. The number of fused-ring (bicyclic) bond motifs is 1. The topological polar surface area (TPSA) is 83.0 Å². The van der Waals surface area contributed by atoms with E-state index in [-0.39, 0.29) is 29.6 Å². The van der Waals surface area contributed by atoms with Crippen LogP contribution in [0, 0.1) is 11.6 Å². The largest absolute Gasteiger partial charge is 0.481 e. The number of nitrogens with zero attached hydrogens (tertiary/aromatic N) is 1. The van der Waals surface area contributed by atoms with Gasteiger partial charge < -0.3 is 10.1 Å². The summed E-state index contributed by atoms with van der Waals surface area (Å²) in [6, 6.07) is 1.69. The minimum atomic E-state index is -1.08. The monoisotopic (exact) mass is 254 g/mol. The van der Waals surface area contributed by atoms with E-state index < -0.39 is 23.2 Å². The maximum Gasteiger partial charge on any atom is 0.303 e. The smallest absolute Gasteiger partial charge is 0.303 e. The number of hydrogen-bond donors (Lipinski definition) is 2. The van der Waals surface area contributed by atoms with Crippen LogP contribution in [-0.4, -0.2) is 21.0 Å². The van der Waals surface area contributed by atoms with Crippen LogP contribution in [0.2, 0.25) is 0 Å². The molecule has 0 amide bonds. The maximum absolute atomic E-state index is 13.0. The van der Waals surface area contributed by atoms with Gasteiger partial charge in [0.1, 0.15) is 5.69 Å². The summed E-state index contributed by atoms with van der Waals surface area (Å²) >= 11 is 0. The Morgan fingerprint density at radius 3 is 2.67 bits per heavy atom. The average Bonchev–Trinajstić information content (AvgIpc) is 2.29. The average molecular weight is 254 g/mol. The minimum absolute atomic E-state index is 0.0177. The van der Waals surface area contributed by atoms with E-state index in [0.29, 0.717) is 0 Å². The summed E-state index contributed by atoms with van der Waals surface area (Å²) < 4.78 is 25.9. The standard InChI is InChI=1S/C11H8F2N2O3/c12-5-3-8-9(4-6(5)13)15-11(18)7(14-8)1-2-10(16)17/h3-4H,1-2H2,(H,15,18)(H,16,17). The zero-order valence-corrected chi connectivity index (χ0v) is 9.04. The molecule has 0 atom stereocenters. The Labute approximate surface area is 99.1 Å². The molecule has 0 saturated carbocycles. The first kappa shape index (κ1) is 12.2. The van der Waals surface area contributed by atoms with Crippen molar-refractivity contribution in [3.05, 3.63) is 39.8 Å². The van der Waals surface area contributed by atoms with Crippen molar-refractivity contribution in [2.45, 2.75) is 12.8 Å². The molecule has 0 bridgehead atoms. The molecule has 18 heavy (non-hydrogen) atoms. The molecular weight excluding hydrogens is 246 g/mol. The molecule has 2 N–H and O–H groups in total. The van der Waals surface area contributed by atoms with Crippen molar-refractivity contribution in [3.63, 3.8) is 0 Å². The second-order valence-corrected chi connectivity index (χ2v) is 3.69. The zero-order chi connectivity index (χ0) is 13.3. The number of halogens is 2. The molecule has 2 aromatic rings. The van der Waals surface area contributed by atoms with E-state index in [2.05, 4.69) is 9.97 Å². The molecule has 7 heteroatoms. The summed E-state index contributed by atoms with van der Waals surface area (Å²) in [5.41, 5.74) is -0.475. The van der Waals surface area contributed by atoms with Gasteiger partial charge in [0.25, 0.3) is 5.56 Å². The van der Waals surface area contributed by atoms with E-state index in [1.807, 2.05) is 0 Å². The Kier molecular flexibility index (Phi) is 3.05. The van der Waals surface area contributed by atoms with E-state index in [9.17, 15) is 18.4 Å². The van der Waals surface area contributed by atoms with Crippen LogP contribution in [0.3, 0.4) is 0 Å². The molecular formula is C11H8F2N2O3. The number of rotatable bonds is 3. The van der Waals surface area contributed by atoms with E-state index in [4.69, 9.17) is 5.11 Å². The van der Waals surface area contributed by atoms with E-state index in [1.165, 1.54) is 0 Å². The summed E-state index contributed by atoms with van der Waals surface area (Å²) in [6.07, 6.45) is -0.329. The van der Waals surface area contributed by atoms with Gasteiger partial charge >= 0.3 is 5.97 Å². The van der Waals surface area contributed by atoms with Crippen LogP contribution >= 0.6 is 0 Å². The fraction of sp³-hybridized carbons (Fsp3) is 0.182. The van der Waals surface area contributed by atoms with Gasteiger partial charge in [-0.15, -0.1) is 0 Å². The third-order valence-corrected chi connectivity index (χ3v) is 2.38. The van der Waals surface area contributed by atoms with Gasteiger partial charge in [0.05, 0.1) is 17.5 Å². The van der Waals surface area contributed by atoms with Crippen LogP contribution in [0.1, 0.15) is 12.1 Å². The number of benzene rings is 1. The van der Waals surface area contributed by atoms with E-state index >= 15 is 0 Å². The molecule has 0 spiro atoms. The van der Waals surface area contributed by atoms with Gasteiger partial charge in [-0.05, 0) is 0 Å². The first-order valence-electron chi connectivity index (χ1n) is 5.07. The van der Waals surface area contributed by atoms with Gasteiger partial charge in [-0.1, -0.05) is 0 Å². The maximum atomic E-state index is 13.0. The quantitative estimate of drug-likeness (QED) is 0.862. The van der Waals surface area contributed by atoms with E-state index in [0.717, 1.165) is 12.1 Å². The molecule has 0 radical (unpaired) electrons. The van der Waals surface area contributed by atoms with Crippen molar-refractivity contribution < 1.29 is 18.7 Å². The number of hydrogen-bond acceptors (Lipinski definition) is 3. The van der Waals surface area contributed by atoms with Gasteiger partial charge in [-0.25, -0.2) is 13.8 Å². The summed E-state index contributed by atoms with van der Waals surface area (Å²) in [5.74, 6) is -3.23. The van der Waals surface area contributed by atoms with Gasteiger partial charge in [0, 0.05) is 18.6 Å². The summed E-state index contributed by atoms with van der Waals surface area (Å²) in [5, 5.41) is 8.51. The summed E-state index contributed by atoms with van der Waals surface area (Å²) in [4.78, 5) is 28.1. The number of H-pyrrole nitrogens is 1. The molecule has 2 rings (SSSR count). The lowest BCUT2D eigenvalue weighted by molar-refractivity contribution is -0.136. The lowest BCUT2D eigenvalue weighted by atomic mass is 10.2. The van der Waals surface area contributed by atoms with Crippen molar-refractivity contribution in [2.24, 2.45) is 0 Å². The molecule has 5 nitrogen and oxygen atoms in total. The molecule has 0 aliphatic rings. The normalized spacial score (nSPS) is 10.8. The van der Waals surface area contributed by atoms with Crippen molar-refractivity contribution in [1.82, 2.24) is 9.97 Å². The second kappa shape index (κ2) is 4.52. The van der Waals surface area contributed by atoms with Crippen LogP contribution in [0.5, 0.6) is 0 Å². The number of carboxylic acid groups (broad SMARTS) is 1. The third kappa shape index (κ3) is 2.34. The number of carboxylic acids is 1. The van der Waals surface area contributed by atoms with Gasteiger partial charge in [-0.3, -0.25) is 9.59 Å². The number of aromatic amines is 1. The van der Waals surface area contributed by atoms with E-state index in [1.54, 1.807) is 0 Å². The van der Waals surface area contributed by atoms with Crippen LogP contribution in [0.15, 0.2) is 16.9 Å². The second-order valence-electron chi connectivity index (χ2n) is 3.69. The van der Waals surface area contributed by atoms with Crippen LogP contribution < -0.4 is 5.56 Å².